The molecule has 2 atom stereocenters. The molecule has 0 bridgehead atoms. The second-order valence-electron chi connectivity index (χ2n) is 9.05. The van der Waals surface area contributed by atoms with Gasteiger partial charge in [-0.2, -0.15) is 5.10 Å². The zero-order valence-corrected chi connectivity index (χ0v) is 22.1. The van der Waals surface area contributed by atoms with Gasteiger partial charge in [0.1, 0.15) is 23.9 Å². The van der Waals surface area contributed by atoms with Crippen LogP contribution in [-0.4, -0.2) is 23.9 Å². The molecule has 5 rings (SSSR count). The summed E-state index contributed by atoms with van der Waals surface area (Å²) in [6.07, 6.45) is 5.68. The van der Waals surface area contributed by atoms with E-state index in [1.807, 2.05) is 36.4 Å². The van der Waals surface area contributed by atoms with E-state index in [0.29, 0.717) is 6.61 Å². The first-order valence-electron chi connectivity index (χ1n) is 12.5. The minimum Gasteiger partial charge on any atom is -0.494 e. The molecule has 2 aliphatic rings. The van der Waals surface area contributed by atoms with Gasteiger partial charge in [0.05, 0.1) is 18.4 Å². The van der Waals surface area contributed by atoms with E-state index < -0.39 is 0 Å². The van der Waals surface area contributed by atoms with E-state index in [0.717, 1.165) is 63.6 Å². The fourth-order valence-electron chi connectivity index (χ4n) is 4.62. The highest BCUT2D eigenvalue weighted by Gasteiger charge is 2.41. The fraction of sp³-hybridized carbons (Fsp3) is 0.300. The van der Waals surface area contributed by atoms with Gasteiger partial charge in [0, 0.05) is 22.0 Å². The summed E-state index contributed by atoms with van der Waals surface area (Å²) in [7, 11) is 0. The van der Waals surface area contributed by atoms with Crippen molar-refractivity contribution in [3.8, 4) is 17.2 Å². The topological polar surface area (TPSA) is 43.3 Å². The van der Waals surface area contributed by atoms with Crippen molar-refractivity contribution >= 4 is 21.6 Å². The Kier molecular flexibility index (Phi) is 7.61. The van der Waals surface area contributed by atoms with Crippen molar-refractivity contribution in [2.24, 2.45) is 5.10 Å². The zero-order valence-electron chi connectivity index (χ0n) is 20.5. The predicted octanol–water partition coefficient (Wildman–Crippen LogP) is 7.83. The maximum absolute atomic E-state index is 6.52. The number of hydrogen-bond donors (Lipinski definition) is 0. The molecule has 0 saturated heterocycles. The normalized spacial score (nSPS) is 18.1. The summed E-state index contributed by atoms with van der Waals surface area (Å²) in [4.78, 5) is 0. The smallest absolute Gasteiger partial charge is 0.213 e. The fourth-order valence-corrected chi connectivity index (χ4v) is 5.00. The van der Waals surface area contributed by atoms with Crippen LogP contribution in [0.1, 0.15) is 61.6 Å². The lowest BCUT2D eigenvalue weighted by Gasteiger charge is -2.38. The third-order valence-electron chi connectivity index (χ3n) is 6.49. The summed E-state index contributed by atoms with van der Waals surface area (Å²) < 4.78 is 19.1. The van der Waals surface area contributed by atoms with Crippen molar-refractivity contribution in [1.82, 2.24) is 5.01 Å². The van der Waals surface area contributed by atoms with Crippen LogP contribution in [0.25, 0.3) is 0 Å². The second-order valence-corrected chi connectivity index (χ2v) is 9.96. The van der Waals surface area contributed by atoms with Gasteiger partial charge in [0.25, 0.3) is 0 Å². The maximum Gasteiger partial charge on any atom is 0.213 e. The van der Waals surface area contributed by atoms with E-state index in [1.54, 1.807) is 6.08 Å². The Bertz CT molecular complexity index is 1220. The van der Waals surface area contributed by atoms with E-state index >= 15 is 0 Å². The number of unbranched alkanes of at least 4 members (excludes halogenated alkanes) is 2. The highest BCUT2D eigenvalue weighted by molar-refractivity contribution is 9.10. The van der Waals surface area contributed by atoms with Crippen LogP contribution in [0.2, 0.25) is 0 Å². The monoisotopic (exact) mass is 546 g/mol. The van der Waals surface area contributed by atoms with Crippen LogP contribution in [-0.2, 0) is 0 Å². The lowest BCUT2D eigenvalue weighted by atomic mass is 9.96. The van der Waals surface area contributed by atoms with Gasteiger partial charge in [-0.15, -0.1) is 0 Å². The standard InChI is InChI=1S/C30H31BrN2O3/c1-3-5-6-18-35-25-14-9-22(10-15-25)30-33-28(26-19-23(31)11-16-29(26)36-30)20-27(32-33)21-7-12-24(13-8-21)34-17-4-2/h4,7-16,19,28,30H,2-3,5-6,17-18,20H2,1H3/t28-,30+/m0/s1. The summed E-state index contributed by atoms with van der Waals surface area (Å²) in [6, 6.07) is 22.6. The molecular formula is C30H31BrN2O3. The van der Waals surface area contributed by atoms with Crippen molar-refractivity contribution in [2.75, 3.05) is 13.2 Å². The number of rotatable bonds is 10. The van der Waals surface area contributed by atoms with Crippen LogP contribution >= 0.6 is 15.9 Å². The molecule has 0 unspecified atom stereocenters. The average molecular weight is 547 g/mol. The minimum absolute atomic E-state index is 0.0907. The van der Waals surface area contributed by atoms with Crippen LogP contribution in [0.5, 0.6) is 17.2 Å². The van der Waals surface area contributed by atoms with E-state index in [1.165, 1.54) is 12.8 Å². The lowest BCUT2D eigenvalue weighted by Crippen LogP contribution is -2.33. The quantitative estimate of drug-likeness (QED) is 0.192. The van der Waals surface area contributed by atoms with E-state index in [2.05, 4.69) is 64.8 Å². The summed E-state index contributed by atoms with van der Waals surface area (Å²) >= 11 is 3.63. The van der Waals surface area contributed by atoms with Gasteiger partial charge in [0.2, 0.25) is 6.23 Å². The number of ether oxygens (including phenoxy) is 3. The first kappa shape index (κ1) is 24.4. The molecule has 0 aliphatic carbocycles. The predicted molar refractivity (Wildman–Crippen MR) is 147 cm³/mol. The minimum atomic E-state index is -0.314. The molecule has 0 fully saturated rings. The number of hydrogen-bond acceptors (Lipinski definition) is 5. The molecular weight excluding hydrogens is 516 g/mol. The van der Waals surface area contributed by atoms with Crippen molar-refractivity contribution in [1.29, 1.82) is 0 Å². The molecule has 0 aromatic heterocycles. The second kappa shape index (κ2) is 11.2. The van der Waals surface area contributed by atoms with Crippen molar-refractivity contribution in [2.45, 2.75) is 44.9 Å². The summed E-state index contributed by atoms with van der Waals surface area (Å²) in [5, 5.41) is 7.17. The molecule has 2 heterocycles. The molecule has 0 spiro atoms. The lowest BCUT2D eigenvalue weighted by molar-refractivity contribution is -0.0191. The van der Waals surface area contributed by atoms with Gasteiger partial charge < -0.3 is 14.2 Å². The Balaban J connectivity index is 1.41. The van der Waals surface area contributed by atoms with Crippen molar-refractivity contribution in [3.05, 3.63) is 101 Å². The molecule has 2 aliphatic heterocycles. The van der Waals surface area contributed by atoms with Gasteiger partial charge in [-0.1, -0.05) is 48.4 Å². The van der Waals surface area contributed by atoms with Crippen LogP contribution in [0, 0.1) is 0 Å². The molecule has 36 heavy (non-hydrogen) atoms. The molecule has 0 N–H and O–H groups in total. The molecule has 3 aromatic carbocycles. The number of halogens is 1. The Hall–Kier alpha value is -3.25. The van der Waals surface area contributed by atoms with Gasteiger partial charge in [-0.05, 0) is 78.7 Å². The molecule has 0 saturated carbocycles. The highest BCUT2D eigenvalue weighted by atomic mass is 79.9. The van der Waals surface area contributed by atoms with Crippen LogP contribution < -0.4 is 14.2 Å². The van der Waals surface area contributed by atoms with E-state index in [-0.39, 0.29) is 12.3 Å². The van der Waals surface area contributed by atoms with E-state index in [4.69, 9.17) is 19.3 Å². The average Bonchev–Trinajstić information content (AvgIpc) is 3.36. The van der Waals surface area contributed by atoms with Crippen LogP contribution in [0.3, 0.4) is 0 Å². The third-order valence-corrected chi connectivity index (χ3v) is 6.98. The molecule has 186 valence electrons. The summed E-state index contributed by atoms with van der Waals surface area (Å²) in [5.41, 5.74) is 4.31. The van der Waals surface area contributed by atoms with Crippen LogP contribution in [0.15, 0.2) is 89.0 Å². The Morgan fingerprint density at radius 3 is 2.53 bits per heavy atom. The van der Waals surface area contributed by atoms with Gasteiger partial charge in [0.15, 0.2) is 0 Å². The first-order valence-corrected chi connectivity index (χ1v) is 13.3. The number of nitrogens with zero attached hydrogens (tertiary/aromatic N) is 2. The van der Waals surface area contributed by atoms with Gasteiger partial charge in [-0.25, -0.2) is 5.01 Å². The van der Waals surface area contributed by atoms with Crippen LogP contribution in [0.4, 0.5) is 0 Å². The van der Waals surface area contributed by atoms with Gasteiger partial charge in [-0.3, -0.25) is 0 Å². The van der Waals surface area contributed by atoms with Gasteiger partial charge >= 0.3 is 0 Å². The maximum atomic E-state index is 6.52. The largest absolute Gasteiger partial charge is 0.494 e. The molecule has 5 nitrogen and oxygen atoms in total. The third kappa shape index (κ3) is 5.29. The molecule has 3 aromatic rings. The summed E-state index contributed by atoms with van der Waals surface area (Å²) in [6.45, 7) is 7.14. The van der Waals surface area contributed by atoms with Crippen molar-refractivity contribution in [3.63, 3.8) is 0 Å². The Labute approximate surface area is 221 Å². The molecule has 0 amide bonds. The Morgan fingerprint density at radius 2 is 1.78 bits per heavy atom. The van der Waals surface area contributed by atoms with Crippen molar-refractivity contribution < 1.29 is 14.2 Å². The SMILES string of the molecule is C=CCOc1ccc(C2=NN3[C@@H](c4ccc(OCCCCC)cc4)Oc4ccc(Br)cc4[C@@H]3C2)cc1. The number of hydrazone groups is 1. The Morgan fingerprint density at radius 1 is 1.03 bits per heavy atom. The zero-order chi connectivity index (χ0) is 24.9. The molecule has 6 heteroatoms. The highest BCUT2D eigenvalue weighted by Crippen LogP contribution is 2.48. The molecule has 0 radical (unpaired) electrons. The summed E-state index contributed by atoms with van der Waals surface area (Å²) in [5.74, 6) is 2.60. The first-order chi connectivity index (χ1) is 17.7. The van der Waals surface area contributed by atoms with E-state index in [9.17, 15) is 0 Å². The number of fused-ring (bicyclic) bond motifs is 3. The number of benzene rings is 3.